The second kappa shape index (κ2) is 10.4. The van der Waals surface area contributed by atoms with Crippen LogP contribution in [0.3, 0.4) is 0 Å². The number of nitrogens with zero attached hydrogens (tertiary/aromatic N) is 1. The number of guanidine groups is 1. The van der Waals surface area contributed by atoms with E-state index in [4.69, 9.17) is 14.2 Å². The quantitative estimate of drug-likeness (QED) is 0.300. The Balaban J connectivity index is 2.03. The zero-order valence-electron chi connectivity index (χ0n) is 14.8. The molecule has 0 aromatic carbocycles. The van der Waals surface area contributed by atoms with Crippen LogP contribution in [0.4, 0.5) is 0 Å². The van der Waals surface area contributed by atoms with Crippen LogP contribution >= 0.6 is 0 Å². The summed E-state index contributed by atoms with van der Waals surface area (Å²) in [5.74, 6) is 0.273. The van der Waals surface area contributed by atoms with Crippen molar-refractivity contribution in [3.05, 3.63) is 0 Å². The van der Waals surface area contributed by atoms with E-state index in [1.165, 1.54) is 0 Å². The van der Waals surface area contributed by atoms with Crippen molar-refractivity contribution in [3.8, 4) is 0 Å². The zero-order chi connectivity index (χ0) is 17.1. The van der Waals surface area contributed by atoms with Gasteiger partial charge in [0.2, 0.25) is 0 Å². The highest BCUT2D eigenvalue weighted by molar-refractivity contribution is 5.84. The van der Waals surface area contributed by atoms with Gasteiger partial charge < -0.3 is 24.8 Å². The SMILES string of the molecule is CN=C(NCCCOCC1CCCO1)NCC(=O)OC(C)(C)C. The maximum absolute atomic E-state index is 11.6. The largest absolute Gasteiger partial charge is 0.459 e. The van der Waals surface area contributed by atoms with E-state index in [0.29, 0.717) is 19.2 Å². The number of hydrogen-bond acceptors (Lipinski definition) is 5. The Hall–Kier alpha value is -1.34. The summed E-state index contributed by atoms with van der Waals surface area (Å²) in [6.45, 7) is 8.54. The number of nitrogens with one attached hydrogen (secondary N) is 2. The molecule has 1 aliphatic heterocycles. The van der Waals surface area contributed by atoms with Crippen molar-refractivity contribution in [1.82, 2.24) is 10.6 Å². The van der Waals surface area contributed by atoms with Crippen LogP contribution < -0.4 is 10.6 Å². The summed E-state index contributed by atoms with van der Waals surface area (Å²) in [7, 11) is 1.67. The van der Waals surface area contributed by atoms with Gasteiger partial charge in [0, 0.05) is 26.8 Å². The summed E-state index contributed by atoms with van der Waals surface area (Å²) in [6, 6.07) is 0. The topological polar surface area (TPSA) is 81.2 Å². The van der Waals surface area contributed by atoms with Crippen LogP contribution in [0.5, 0.6) is 0 Å². The predicted octanol–water partition coefficient (Wildman–Crippen LogP) is 1.08. The van der Waals surface area contributed by atoms with E-state index < -0.39 is 5.60 Å². The van der Waals surface area contributed by atoms with E-state index in [9.17, 15) is 4.79 Å². The molecular formula is C16H31N3O4. The molecule has 1 unspecified atom stereocenters. The number of hydrogen-bond donors (Lipinski definition) is 2. The third-order valence-corrected chi connectivity index (χ3v) is 3.13. The predicted molar refractivity (Wildman–Crippen MR) is 89.6 cm³/mol. The van der Waals surface area contributed by atoms with Crippen molar-refractivity contribution in [2.24, 2.45) is 4.99 Å². The minimum atomic E-state index is -0.476. The molecule has 0 aromatic heterocycles. The molecule has 1 aliphatic rings. The minimum absolute atomic E-state index is 0.0897. The summed E-state index contributed by atoms with van der Waals surface area (Å²) in [5, 5.41) is 6.07. The third kappa shape index (κ3) is 10.1. The fourth-order valence-corrected chi connectivity index (χ4v) is 2.13. The molecule has 0 bridgehead atoms. The average molecular weight is 329 g/mol. The Morgan fingerprint density at radius 1 is 1.35 bits per heavy atom. The summed E-state index contributed by atoms with van der Waals surface area (Å²) in [4.78, 5) is 15.7. The molecule has 7 nitrogen and oxygen atoms in total. The molecule has 0 radical (unpaired) electrons. The summed E-state index contributed by atoms with van der Waals surface area (Å²) in [6.07, 6.45) is 3.36. The van der Waals surface area contributed by atoms with E-state index in [1.54, 1.807) is 7.05 Å². The lowest BCUT2D eigenvalue weighted by molar-refractivity contribution is -0.153. The lowest BCUT2D eigenvalue weighted by Gasteiger charge is -2.20. The van der Waals surface area contributed by atoms with E-state index in [2.05, 4.69) is 15.6 Å². The van der Waals surface area contributed by atoms with Gasteiger partial charge in [0.05, 0.1) is 12.7 Å². The van der Waals surface area contributed by atoms with Crippen LogP contribution in [0.1, 0.15) is 40.0 Å². The number of rotatable bonds is 8. The van der Waals surface area contributed by atoms with Crippen LogP contribution in [-0.4, -0.2) is 63.6 Å². The second-order valence-corrected chi connectivity index (χ2v) is 6.50. The van der Waals surface area contributed by atoms with Crippen LogP contribution in [0.15, 0.2) is 4.99 Å². The van der Waals surface area contributed by atoms with E-state index in [1.807, 2.05) is 20.8 Å². The minimum Gasteiger partial charge on any atom is -0.459 e. The molecule has 1 atom stereocenters. The number of ether oxygens (including phenoxy) is 3. The molecule has 0 aliphatic carbocycles. The highest BCUT2D eigenvalue weighted by atomic mass is 16.6. The molecule has 1 saturated heterocycles. The Morgan fingerprint density at radius 2 is 2.13 bits per heavy atom. The molecule has 1 rings (SSSR count). The Bertz CT molecular complexity index is 374. The molecule has 2 N–H and O–H groups in total. The van der Waals surface area contributed by atoms with Gasteiger partial charge in [-0.2, -0.15) is 0 Å². The molecule has 134 valence electrons. The van der Waals surface area contributed by atoms with E-state index in [-0.39, 0.29) is 18.6 Å². The first-order valence-corrected chi connectivity index (χ1v) is 8.26. The highest BCUT2D eigenvalue weighted by Crippen LogP contribution is 2.11. The van der Waals surface area contributed by atoms with Gasteiger partial charge in [-0.25, -0.2) is 0 Å². The molecule has 1 heterocycles. The number of carbonyl (C=O) groups excluding carboxylic acids is 1. The number of aliphatic imine (C=N–C) groups is 1. The van der Waals surface area contributed by atoms with Crippen molar-refractivity contribution >= 4 is 11.9 Å². The van der Waals surface area contributed by atoms with Gasteiger partial charge >= 0.3 is 5.97 Å². The van der Waals surface area contributed by atoms with Crippen molar-refractivity contribution in [3.63, 3.8) is 0 Å². The molecular weight excluding hydrogens is 298 g/mol. The third-order valence-electron chi connectivity index (χ3n) is 3.13. The molecule has 7 heteroatoms. The van der Waals surface area contributed by atoms with Gasteiger partial charge in [-0.3, -0.25) is 9.79 Å². The first-order chi connectivity index (χ1) is 10.9. The molecule has 0 spiro atoms. The zero-order valence-corrected chi connectivity index (χ0v) is 14.8. The first kappa shape index (κ1) is 19.7. The summed E-state index contributed by atoms with van der Waals surface area (Å²) < 4.78 is 16.3. The lowest BCUT2D eigenvalue weighted by atomic mass is 10.2. The Labute approximate surface area is 139 Å². The fraction of sp³-hybridized carbons (Fsp3) is 0.875. The van der Waals surface area contributed by atoms with Crippen molar-refractivity contribution in [1.29, 1.82) is 0 Å². The van der Waals surface area contributed by atoms with Crippen LogP contribution in [-0.2, 0) is 19.0 Å². The van der Waals surface area contributed by atoms with Crippen LogP contribution in [0.2, 0.25) is 0 Å². The molecule has 23 heavy (non-hydrogen) atoms. The molecule has 0 amide bonds. The average Bonchev–Trinajstić information content (AvgIpc) is 2.97. The molecule has 1 fully saturated rings. The van der Waals surface area contributed by atoms with E-state index >= 15 is 0 Å². The standard InChI is InChI=1S/C16H31N3O4/c1-16(2,3)23-14(20)11-19-15(17-4)18-8-6-9-21-12-13-7-5-10-22-13/h13H,5-12H2,1-4H3,(H2,17,18,19). The van der Waals surface area contributed by atoms with Crippen molar-refractivity contribution in [2.45, 2.75) is 51.7 Å². The van der Waals surface area contributed by atoms with Crippen molar-refractivity contribution < 1.29 is 19.0 Å². The molecule has 0 aromatic rings. The number of carbonyl (C=O) groups is 1. The van der Waals surface area contributed by atoms with E-state index in [0.717, 1.165) is 32.4 Å². The first-order valence-electron chi connectivity index (χ1n) is 8.26. The van der Waals surface area contributed by atoms with Gasteiger partial charge in [-0.05, 0) is 40.0 Å². The fourth-order valence-electron chi connectivity index (χ4n) is 2.13. The Morgan fingerprint density at radius 3 is 2.74 bits per heavy atom. The van der Waals surface area contributed by atoms with Crippen molar-refractivity contribution in [2.75, 3.05) is 40.0 Å². The number of esters is 1. The smallest absolute Gasteiger partial charge is 0.325 e. The summed E-state index contributed by atoms with van der Waals surface area (Å²) >= 11 is 0. The molecule has 0 saturated carbocycles. The maximum Gasteiger partial charge on any atom is 0.325 e. The summed E-state index contributed by atoms with van der Waals surface area (Å²) in [5.41, 5.74) is -0.476. The van der Waals surface area contributed by atoms with Crippen LogP contribution in [0, 0.1) is 0 Å². The van der Waals surface area contributed by atoms with Gasteiger partial charge in [0.15, 0.2) is 5.96 Å². The Kier molecular flexibility index (Phi) is 8.94. The van der Waals surface area contributed by atoms with Gasteiger partial charge in [-0.15, -0.1) is 0 Å². The highest BCUT2D eigenvalue weighted by Gasteiger charge is 2.16. The van der Waals surface area contributed by atoms with Crippen LogP contribution in [0.25, 0.3) is 0 Å². The van der Waals surface area contributed by atoms with Gasteiger partial charge in [0.25, 0.3) is 0 Å². The monoisotopic (exact) mass is 329 g/mol. The maximum atomic E-state index is 11.6. The lowest BCUT2D eigenvalue weighted by Crippen LogP contribution is -2.42. The van der Waals surface area contributed by atoms with Gasteiger partial charge in [-0.1, -0.05) is 0 Å². The van der Waals surface area contributed by atoms with Gasteiger partial charge in [0.1, 0.15) is 12.1 Å². The second-order valence-electron chi connectivity index (χ2n) is 6.50. The normalized spacial score (nSPS) is 18.8.